The molecule has 8 nitrogen and oxygen atoms in total. The van der Waals surface area contributed by atoms with E-state index in [1.165, 1.54) is 23.5 Å². The Kier molecular flexibility index (Phi) is 7.60. The molecule has 0 unspecified atom stereocenters. The second kappa shape index (κ2) is 10.8. The van der Waals surface area contributed by atoms with Crippen molar-refractivity contribution in [1.82, 2.24) is 4.57 Å². The number of hydrogen-bond donors (Lipinski definition) is 2. The first-order chi connectivity index (χ1) is 17.7. The summed E-state index contributed by atoms with van der Waals surface area (Å²) in [6.07, 6.45) is 5.10. The molecule has 1 aliphatic rings. The van der Waals surface area contributed by atoms with Crippen LogP contribution in [0.15, 0.2) is 35.9 Å². The van der Waals surface area contributed by atoms with Crippen LogP contribution in [0.4, 0.5) is 5.00 Å². The first-order valence-electron chi connectivity index (χ1n) is 12.0. The molecular weight excluding hydrogens is 490 g/mol. The largest absolute Gasteiger partial charge is 0.478 e. The molecule has 0 bridgehead atoms. The van der Waals surface area contributed by atoms with Gasteiger partial charge in [0.15, 0.2) is 0 Å². The summed E-state index contributed by atoms with van der Waals surface area (Å²) in [5.74, 6) is -2.10. The molecule has 0 saturated carbocycles. The van der Waals surface area contributed by atoms with E-state index in [1.807, 2.05) is 30.6 Å². The summed E-state index contributed by atoms with van der Waals surface area (Å²) < 4.78 is 7.12. The van der Waals surface area contributed by atoms with Crippen molar-refractivity contribution in [3.05, 3.63) is 74.4 Å². The van der Waals surface area contributed by atoms with Crippen LogP contribution in [0, 0.1) is 25.2 Å². The topological polar surface area (TPSA) is 121 Å². The van der Waals surface area contributed by atoms with E-state index in [0.717, 1.165) is 47.5 Å². The van der Waals surface area contributed by atoms with Crippen molar-refractivity contribution in [2.45, 2.75) is 46.5 Å². The smallest absolute Gasteiger partial charge is 0.341 e. The van der Waals surface area contributed by atoms with Crippen molar-refractivity contribution in [3.8, 4) is 11.8 Å². The number of fused-ring (bicyclic) bond motifs is 1. The number of thiophene rings is 1. The van der Waals surface area contributed by atoms with Crippen LogP contribution < -0.4 is 5.32 Å². The van der Waals surface area contributed by atoms with Crippen LogP contribution in [0.5, 0.6) is 0 Å². The average Bonchev–Trinajstić information content (AvgIpc) is 3.38. The number of aromatic nitrogens is 1. The van der Waals surface area contributed by atoms with Gasteiger partial charge in [0, 0.05) is 22.0 Å². The lowest BCUT2D eigenvalue weighted by Gasteiger charge is -2.12. The molecule has 3 aromatic rings. The number of carboxylic acids is 1. The second-order valence-corrected chi connectivity index (χ2v) is 9.88. The summed E-state index contributed by atoms with van der Waals surface area (Å²) in [7, 11) is 0. The molecule has 0 atom stereocenters. The number of benzene rings is 1. The minimum atomic E-state index is -1.02. The number of ether oxygens (including phenoxy) is 1. The number of nitriles is 1. The molecule has 0 fully saturated rings. The Morgan fingerprint density at radius 3 is 2.68 bits per heavy atom. The second-order valence-electron chi connectivity index (χ2n) is 8.78. The first kappa shape index (κ1) is 25.9. The molecule has 0 spiro atoms. The number of aryl methyl sites for hydroxylation is 2. The van der Waals surface area contributed by atoms with Crippen LogP contribution in [-0.4, -0.2) is 34.1 Å². The number of carbonyl (C=O) groups is 3. The molecule has 1 aliphatic carbocycles. The SMILES string of the molecule is CCOC(=O)c1c(NC(=O)/C(C#N)=C/c2cc(C)n(-c3cccc(C(=O)O)c3)c2C)sc2c1CCCC2. The van der Waals surface area contributed by atoms with Gasteiger partial charge in [-0.05, 0) is 87.9 Å². The summed E-state index contributed by atoms with van der Waals surface area (Å²) in [6.45, 7) is 5.67. The van der Waals surface area contributed by atoms with Crippen molar-refractivity contribution in [2.24, 2.45) is 0 Å². The minimum absolute atomic E-state index is 0.110. The number of esters is 1. The molecular formula is C28H27N3O5S. The lowest BCUT2D eigenvalue weighted by atomic mass is 9.95. The van der Waals surface area contributed by atoms with Gasteiger partial charge in [-0.2, -0.15) is 5.26 Å². The van der Waals surface area contributed by atoms with Crippen molar-refractivity contribution in [3.63, 3.8) is 0 Å². The van der Waals surface area contributed by atoms with Crippen LogP contribution in [0.2, 0.25) is 0 Å². The predicted octanol–water partition coefficient (Wildman–Crippen LogP) is 5.46. The number of anilines is 1. The summed E-state index contributed by atoms with van der Waals surface area (Å²) in [5.41, 5.74) is 4.26. The zero-order valence-electron chi connectivity index (χ0n) is 20.9. The molecule has 1 aromatic carbocycles. The Morgan fingerprint density at radius 1 is 1.22 bits per heavy atom. The number of aromatic carboxylic acids is 1. The molecule has 190 valence electrons. The third kappa shape index (κ3) is 5.20. The van der Waals surface area contributed by atoms with Gasteiger partial charge in [-0.25, -0.2) is 9.59 Å². The van der Waals surface area contributed by atoms with Crippen LogP contribution in [-0.2, 0) is 22.4 Å². The van der Waals surface area contributed by atoms with Gasteiger partial charge < -0.3 is 19.7 Å². The van der Waals surface area contributed by atoms with E-state index in [4.69, 9.17) is 4.74 Å². The number of amides is 1. The Morgan fingerprint density at radius 2 is 1.97 bits per heavy atom. The summed E-state index contributed by atoms with van der Waals surface area (Å²) >= 11 is 1.37. The third-order valence-corrected chi connectivity index (χ3v) is 7.57. The van der Waals surface area contributed by atoms with Crippen LogP contribution in [0.25, 0.3) is 11.8 Å². The van der Waals surface area contributed by atoms with E-state index in [9.17, 15) is 24.8 Å². The number of nitrogens with zero attached hydrogens (tertiary/aromatic N) is 2. The molecule has 2 heterocycles. The fourth-order valence-corrected chi connectivity index (χ4v) is 5.93. The third-order valence-electron chi connectivity index (χ3n) is 6.36. The van der Waals surface area contributed by atoms with Gasteiger partial charge in [0.25, 0.3) is 5.91 Å². The number of hydrogen-bond acceptors (Lipinski definition) is 6. The molecule has 9 heteroatoms. The average molecular weight is 518 g/mol. The summed E-state index contributed by atoms with van der Waals surface area (Å²) in [6, 6.07) is 10.4. The van der Waals surface area contributed by atoms with E-state index in [2.05, 4.69) is 5.32 Å². The Bertz CT molecular complexity index is 1470. The highest BCUT2D eigenvalue weighted by molar-refractivity contribution is 7.17. The van der Waals surface area contributed by atoms with Gasteiger partial charge in [-0.15, -0.1) is 11.3 Å². The molecule has 1 amide bonds. The Hall–Kier alpha value is -4.16. The zero-order chi connectivity index (χ0) is 26.7. The van der Waals surface area contributed by atoms with E-state index in [-0.39, 0.29) is 17.7 Å². The maximum atomic E-state index is 13.2. The lowest BCUT2D eigenvalue weighted by Crippen LogP contribution is -2.16. The molecule has 0 aliphatic heterocycles. The van der Waals surface area contributed by atoms with Gasteiger partial charge >= 0.3 is 11.9 Å². The van der Waals surface area contributed by atoms with Crippen LogP contribution in [0.3, 0.4) is 0 Å². The maximum Gasteiger partial charge on any atom is 0.341 e. The highest BCUT2D eigenvalue weighted by Crippen LogP contribution is 2.39. The van der Waals surface area contributed by atoms with E-state index in [1.54, 1.807) is 25.1 Å². The predicted molar refractivity (Wildman–Crippen MR) is 141 cm³/mol. The van der Waals surface area contributed by atoms with Crippen molar-refractivity contribution in [1.29, 1.82) is 5.26 Å². The van der Waals surface area contributed by atoms with Gasteiger partial charge in [0.1, 0.15) is 16.6 Å². The number of carboxylic acid groups (broad SMARTS) is 1. The van der Waals surface area contributed by atoms with Gasteiger partial charge in [-0.1, -0.05) is 6.07 Å². The van der Waals surface area contributed by atoms with Gasteiger partial charge in [0.05, 0.1) is 17.7 Å². The standard InChI is InChI=1S/C28H27N3O5S/c1-4-36-28(35)24-22-10-5-6-11-23(22)37-26(24)30-25(32)20(15-29)13-19-12-16(2)31(17(19)3)21-9-7-8-18(14-21)27(33)34/h7-9,12-14H,4-6,10-11H2,1-3H3,(H,30,32)(H,33,34)/b20-13+. The van der Waals surface area contributed by atoms with Crippen molar-refractivity contribution >= 4 is 40.3 Å². The minimum Gasteiger partial charge on any atom is -0.478 e. The zero-order valence-corrected chi connectivity index (χ0v) is 21.7. The van der Waals surface area contributed by atoms with Crippen molar-refractivity contribution < 1.29 is 24.2 Å². The molecule has 4 rings (SSSR count). The quantitative estimate of drug-likeness (QED) is 0.244. The molecule has 37 heavy (non-hydrogen) atoms. The van der Waals surface area contributed by atoms with E-state index in [0.29, 0.717) is 21.8 Å². The highest BCUT2D eigenvalue weighted by atomic mass is 32.1. The van der Waals surface area contributed by atoms with E-state index >= 15 is 0 Å². The van der Waals surface area contributed by atoms with E-state index < -0.39 is 17.8 Å². The molecule has 0 saturated heterocycles. The lowest BCUT2D eigenvalue weighted by molar-refractivity contribution is -0.112. The first-order valence-corrected chi connectivity index (χ1v) is 12.8. The summed E-state index contributed by atoms with van der Waals surface area (Å²) in [4.78, 5) is 38.4. The van der Waals surface area contributed by atoms with Gasteiger partial charge in [0.2, 0.25) is 0 Å². The number of rotatable bonds is 7. The molecule has 0 radical (unpaired) electrons. The molecule has 2 N–H and O–H groups in total. The Balaban J connectivity index is 1.67. The Labute approximate surface area is 218 Å². The monoisotopic (exact) mass is 517 g/mol. The van der Waals surface area contributed by atoms with Crippen LogP contribution in [0.1, 0.15) is 67.9 Å². The highest BCUT2D eigenvalue weighted by Gasteiger charge is 2.28. The fourth-order valence-electron chi connectivity index (χ4n) is 4.66. The van der Waals surface area contributed by atoms with Gasteiger partial charge in [-0.3, -0.25) is 4.79 Å². The normalized spacial score (nSPS) is 13.0. The summed E-state index contributed by atoms with van der Waals surface area (Å²) in [5, 5.41) is 22.3. The number of nitrogens with one attached hydrogen (secondary N) is 1. The van der Waals surface area contributed by atoms with Crippen LogP contribution >= 0.6 is 11.3 Å². The molecule has 2 aromatic heterocycles. The number of carbonyl (C=O) groups excluding carboxylic acids is 2. The van der Waals surface area contributed by atoms with Crippen molar-refractivity contribution in [2.75, 3.05) is 11.9 Å². The maximum absolute atomic E-state index is 13.2. The fraction of sp³-hybridized carbons (Fsp3) is 0.286.